The van der Waals surface area contributed by atoms with Gasteiger partial charge in [-0.25, -0.2) is 0 Å². The second kappa shape index (κ2) is 5.54. The fraction of sp³-hybridized carbons (Fsp3) is 0.600. The molecule has 0 radical (unpaired) electrons. The predicted octanol–water partition coefficient (Wildman–Crippen LogP) is 3.35. The van der Waals surface area contributed by atoms with Crippen LogP contribution in [0, 0.1) is 11.8 Å². The van der Waals surface area contributed by atoms with Gasteiger partial charge in [0.1, 0.15) is 5.75 Å². The Bertz CT molecular complexity index is 336. The predicted molar refractivity (Wildman–Crippen MR) is 70.9 cm³/mol. The summed E-state index contributed by atoms with van der Waals surface area (Å²) in [6.45, 7) is 5.24. The number of hydrogen-bond acceptors (Lipinski definition) is 2. The molecular weight excluding hydrogens is 210 g/mol. The normalized spacial score (nSPS) is 29.0. The minimum absolute atomic E-state index is 0.387. The highest BCUT2D eigenvalue weighted by Crippen LogP contribution is 2.31. The summed E-state index contributed by atoms with van der Waals surface area (Å²) in [6.07, 6.45) is 4.09. The van der Waals surface area contributed by atoms with Gasteiger partial charge in [0.25, 0.3) is 0 Å². The lowest BCUT2D eigenvalue weighted by Gasteiger charge is -2.31. The Morgan fingerprint density at radius 3 is 2.18 bits per heavy atom. The summed E-state index contributed by atoms with van der Waals surface area (Å²) in [4.78, 5) is 0. The smallest absolute Gasteiger partial charge is 0.119 e. The lowest BCUT2D eigenvalue weighted by molar-refractivity contribution is 0.101. The van der Waals surface area contributed by atoms with E-state index in [1.54, 1.807) is 0 Å². The topological polar surface area (TPSA) is 35.2 Å². The van der Waals surface area contributed by atoms with E-state index in [1.165, 1.54) is 19.3 Å². The quantitative estimate of drug-likeness (QED) is 0.869. The van der Waals surface area contributed by atoms with E-state index >= 15 is 0 Å². The van der Waals surface area contributed by atoms with E-state index in [9.17, 15) is 0 Å². The lowest BCUT2D eigenvalue weighted by atomic mass is 9.82. The molecule has 1 saturated carbocycles. The molecule has 1 aliphatic carbocycles. The average Bonchev–Trinajstić information content (AvgIpc) is 2.28. The van der Waals surface area contributed by atoms with Crippen LogP contribution in [0.3, 0.4) is 0 Å². The van der Waals surface area contributed by atoms with Crippen molar-refractivity contribution < 1.29 is 4.74 Å². The molecule has 2 heteroatoms. The summed E-state index contributed by atoms with van der Waals surface area (Å²) in [5.74, 6) is 2.55. The van der Waals surface area contributed by atoms with E-state index in [-0.39, 0.29) is 0 Å². The van der Waals surface area contributed by atoms with Crippen LogP contribution < -0.4 is 10.5 Å². The van der Waals surface area contributed by atoms with Gasteiger partial charge in [-0.1, -0.05) is 26.0 Å². The minimum atomic E-state index is 0.387. The maximum absolute atomic E-state index is 6.05. The first-order valence-electron chi connectivity index (χ1n) is 6.63. The van der Waals surface area contributed by atoms with Crippen molar-refractivity contribution in [2.75, 3.05) is 0 Å². The number of nitrogens with two attached hydrogens (primary N) is 1. The third-order valence-corrected chi connectivity index (χ3v) is 3.60. The van der Waals surface area contributed by atoms with Crippen LogP contribution in [0.5, 0.6) is 5.75 Å². The molecule has 0 saturated heterocycles. The van der Waals surface area contributed by atoms with Crippen molar-refractivity contribution in [3.05, 3.63) is 29.8 Å². The van der Waals surface area contributed by atoms with Gasteiger partial charge in [-0.05, 0) is 48.8 Å². The van der Waals surface area contributed by atoms with Gasteiger partial charge in [0.2, 0.25) is 0 Å². The van der Waals surface area contributed by atoms with Crippen molar-refractivity contribution in [2.45, 2.75) is 45.8 Å². The van der Waals surface area contributed by atoms with Crippen molar-refractivity contribution in [3.8, 4) is 5.75 Å². The highest BCUT2D eigenvalue weighted by molar-refractivity contribution is 5.27. The van der Waals surface area contributed by atoms with Gasteiger partial charge < -0.3 is 10.5 Å². The number of ether oxygens (including phenoxy) is 1. The molecule has 17 heavy (non-hydrogen) atoms. The molecule has 0 amide bonds. The zero-order chi connectivity index (χ0) is 12.3. The summed E-state index contributed by atoms with van der Waals surface area (Å²) in [5, 5.41) is 0. The first-order chi connectivity index (χ1) is 8.17. The van der Waals surface area contributed by atoms with Crippen molar-refractivity contribution in [1.29, 1.82) is 0 Å². The fourth-order valence-corrected chi connectivity index (χ4v) is 2.87. The Morgan fingerprint density at radius 1 is 1.06 bits per heavy atom. The van der Waals surface area contributed by atoms with Gasteiger partial charge in [0.05, 0.1) is 6.10 Å². The fourth-order valence-electron chi connectivity index (χ4n) is 2.87. The SMILES string of the molecule is CC1CC(C)CC(Oc2ccc(CN)cc2)C1. The molecule has 0 heterocycles. The van der Waals surface area contributed by atoms with Gasteiger partial charge >= 0.3 is 0 Å². The molecule has 1 aromatic carbocycles. The highest BCUT2D eigenvalue weighted by Gasteiger charge is 2.25. The van der Waals surface area contributed by atoms with Crippen LogP contribution in [0.25, 0.3) is 0 Å². The Labute approximate surface area is 104 Å². The Morgan fingerprint density at radius 2 is 1.65 bits per heavy atom. The molecule has 2 nitrogen and oxygen atoms in total. The highest BCUT2D eigenvalue weighted by atomic mass is 16.5. The van der Waals surface area contributed by atoms with Gasteiger partial charge in [0.15, 0.2) is 0 Å². The van der Waals surface area contributed by atoms with E-state index in [0.717, 1.165) is 23.1 Å². The molecule has 0 aliphatic heterocycles. The van der Waals surface area contributed by atoms with E-state index in [0.29, 0.717) is 12.6 Å². The van der Waals surface area contributed by atoms with Gasteiger partial charge in [-0.15, -0.1) is 0 Å². The molecule has 94 valence electrons. The second-order valence-electron chi connectivity index (χ2n) is 5.51. The van der Waals surface area contributed by atoms with E-state index in [1.807, 2.05) is 24.3 Å². The molecule has 2 rings (SSSR count). The number of hydrogen-bond donors (Lipinski definition) is 1. The average molecular weight is 233 g/mol. The molecule has 0 spiro atoms. The second-order valence-corrected chi connectivity index (χ2v) is 5.51. The molecular formula is C15H23NO. The Kier molecular flexibility index (Phi) is 4.06. The summed E-state index contributed by atoms with van der Waals surface area (Å²) >= 11 is 0. The first-order valence-corrected chi connectivity index (χ1v) is 6.63. The van der Waals surface area contributed by atoms with Crippen LogP contribution in [-0.4, -0.2) is 6.10 Å². The molecule has 2 atom stereocenters. The van der Waals surface area contributed by atoms with E-state index < -0.39 is 0 Å². The maximum atomic E-state index is 6.05. The van der Waals surface area contributed by atoms with Crippen LogP contribution in [0.1, 0.15) is 38.7 Å². The molecule has 0 bridgehead atoms. The minimum Gasteiger partial charge on any atom is -0.490 e. The zero-order valence-corrected chi connectivity index (χ0v) is 10.9. The van der Waals surface area contributed by atoms with Crippen molar-refractivity contribution in [3.63, 3.8) is 0 Å². The van der Waals surface area contributed by atoms with Gasteiger partial charge in [-0.3, -0.25) is 0 Å². The maximum Gasteiger partial charge on any atom is 0.119 e. The van der Waals surface area contributed by atoms with E-state index in [2.05, 4.69) is 13.8 Å². The van der Waals surface area contributed by atoms with Crippen LogP contribution in [-0.2, 0) is 6.54 Å². The van der Waals surface area contributed by atoms with Crippen LogP contribution >= 0.6 is 0 Å². The number of benzene rings is 1. The zero-order valence-electron chi connectivity index (χ0n) is 10.9. The van der Waals surface area contributed by atoms with Crippen molar-refractivity contribution in [2.24, 2.45) is 17.6 Å². The molecule has 0 aromatic heterocycles. The van der Waals surface area contributed by atoms with Gasteiger partial charge in [-0.2, -0.15) is 0 Å². The third kappa shape index (κ3) is 3.47. The first kappa shape index (κ1) is 12.4. The lowest BCUT2D eigenvalue weighted by Crippen LogP contribution is -2.28. The van der Waals surface area contributed by atoms with Crippen molar-refractivity contribution in [1.82, 2.24) is 0 Å². The van der Waals surface area contributed by atoms with Crippen LogP contribution in [0.2, 0.25) is 0 Å². The molecule has 1 aliphatic rings. The summed E-state index contributed by atoms with van der Waals surface area (Å²) in [5.41, 5.74) is 6.74. The molecule has 1 fully saturated rings. The molecule has 2 N–H and O–H groups in total. The summed E-state index contributed by atoms with van der Waals surface area (Å²) in [7, 11) is 0. The Hall–Kier alpha value is -1.02. The standard InChI is InChI=1S/C15H23NO/c1-11-7-12(2)9-15(8-11)17-14-5-3-13(10-16)4-6-14/h3-6,11-12,15H,7-10,16H2,1-2H3. The summed E-state index contributed by atoms with van der Waals surface area (Å²) in [6, 6.07) is 8.16. The van der Waals surface area contributed by atoms with Gasteiger partial charge in [0, 0.05) is 6.54 Å². The monoisotopic (exact) mass is 233 g/mol. The van der Waals surface area contributed by atoms with Crippen LogP contribution in [0.15, 0.2) is 24.3 Å². The Balaban J connectivity index is 1.95. The third-order valence-electron chi connectivity index (χ3n) is 3.60. The number of rotatable bonds is 3. The molecule has 1 aromatic rings. The summed E-state index contributed by atoms with van der Waals surface area (Å²) < 4.78 is 6.05. The van der Waals surface area contributed by atoms with E-state index in [4.69, 9.17) is 10.5 Å². The van der Waals surface area contributed by atoms with Crippen molar-refractivity contribution >= 4 is 0 Å². The largest absolute Gasteiger partial charge is 0.490 e. The van der Waals surface area contributed by atoms with Crippen LogP contribution in [0.4, 0.5) is 0 Å². The molecule has 2 unspecified atom stereocenters.